The molecule has 0 heterocycles. The molecule has 0 amide bonds. The molecule has 4 rings (SSSR count). The van der Waals surface area contributed by atoms with Crippen molar-refractivity contribution < 1.29 is 4.74 Å². The molecule has 3 aromatic carbocycles. The average Bonchev–Trinajstić information content (AvgIpc) is 3.01. The molecule has 0 saturated heterocycles. The predicted molar refractivity (Wildman–Crippen MR) is 118 cm³/mol. The molecule has 0 spiro atoms. The van der Waals surface area contributed by atoms with E-state index in [0.29, 0.717) is 12.6 Å². The smallest absolute Gasteiger partial charge is 0.124 e. The third-order valence-corrected chi connectivity index (χ3v) is 6.13. The van der Waals surface area contributed by atoms with Gasteiger partial charge in [-0.05, 0) is 35.7 Å². The molecule has 1 aliphatic rings. The maximum absolute atomic E-state index is 6.31. The Morgan fingerprint density at radius 2 is 1.61 bits per heavy atom. The van der Waals surface area contributed by atoms with Gasteiger partial charge in [0.15, 0.2) is 0 Å². The maximum atomic E-state index is 6.31. The van der Waals surface area contributed by atoms with Gasteiger partial charge in [0.2, 0.25) is 0 Å². The lowest BCUT2D eigenvalue weighted by molar-refractivity contribution is 0.302. The van der Waals surface area contributed by atoms with E-state index in [9.17, 15) is 0 Å². The number of halogens is 1. The van der Waals surface area contributed by atoms with Crippen LogP contribution in [0.3, 0.4) is 0 Å². The molecule has 0 atom stereocenters. The number of benzene rings is 3. The van der Waals surface area contributed by atoms with E-state index in [-0.39, 0.29) is 0 Å². The van der Waals surface area contributed by atoms with Crippen LogP contribution in [0.1, 0.15) is 49.7 Å². The molecule has 1 fully saturated rings. The van der Waals surface area contributed by atoms with Gasteiger partial charge in [0, 0.05) is 28.7 Å². The standard InChI is InChI=1S/C25H28ClNO/c26-24-14-8-6-10-20(24)18-28-25-16-15-19-9-5-7-13-22(19)23(25)17-27-21-11-3-1-2-4-12-21/h5-10,13-16,21,27H,1-4,11-12,17-18H2. The molecule has 0 aromatic heterocycles. The van der Waals surface area contributed by atoms with E-state index in [4.69, 9.17) is 16.3 Å². The minimum Gasteiger partial charge on any atom is -0.488 e. The highest BCUT2D eigenvalue weighted by Gasteiger charge is 2.15. The van der Waals surface area contributed by atoms with Crippen molar-refractivity contribution in [2.24, 2.45) is 0 Å². The molecule has 3 aromatic rings. The molecule has 1 N–H and O–H groups in total. The van der Waals surface area contributed by atoms with Gasteiger partial charge in [-0.25, -0.2) is 0 Å². The summed E-state index contributed by atoms with van der Waals surface area (Å²) in [6.45, 7) is 1.32. The van der Waals surface area contributed by atoms with Crippen LogP contribution in [-0.4, -0.2) is 6.04 Å². The number of rotatable bonds is 6. The summed E-state index contributed by atoms with van der Waals surface area (Å²) in [4.78, 5) is 0. The maximum Gasteiger partial charge on any atom is 0.124 e. The number of nitrogens with one attached hydrogen (secondary N) is 1. The summed E-state index contributed by atoms with van der Waals surface area (Å²) in [5, 5.41) is 7.08. The second kappa shape index (κ2) is 9.45. The third kappa shape index (κ3) is 4.68. The summed E-state index contributed by atoms with van der Waals surface area (Å²) < 4.78 is 6.25. The summed E-state index contributed by atoms with van der Waals surface area (Å²) >= 11 is 6.31. The van der Waals surface area contributed by atoms with Crippen molar-refractivity contribution in [2.75, 3.05) is 0 Å². The Kier molecular flexibility index (Phi) is 6.51. The Hall–Kier alpha value is -2.03. The second-order valence-corrected chi connectivity index (χ2v) is 8.12. The lowest BCUT2D eigenvalue weighted by Crippen LogP contribution is -2.28. The molecule has 0 radical (unpaired) electrons. The van der Waals surface area contributed by atoms with Crippen LogP contribution in [0, 0.1) is 0 Å². The van der Waals surface area contributed by atoms with Gasteiger partial charge in [0.1, 0.15) is 12.4 Å². The SMILES string of the molecule is Clc1ccccc1COc1ccc2ccccc2c1CNC1CCCCCC1. The Bertz CT molecular complexity index is 915. The first-order valence-corrected chi connectivity index (χ1v) is 10.8. The predicted octanol–water partition coefficient (Wildman–Crippen LogP) is 6.88. The van der Waals surface area contributed by atoms with Crippen LogP contribution in [0.2, 0.25) is 5.02 Å². The van der Waals surface area contributed by atoms with Crippen molar-refractivity contribution in [3.05, 3.63) is 76.8 Å². The van der Waals surface area contributed by atoms with Crippen LogP contribution in [0.25, 0.3) is 10.8 Å². The van der Waals surface area contributed by atoms with E-state index in [1.54, 1.807) is 0 Å². The first-order chi connectivity index (χ1) is 13.8. The van der Waals surface area contributed by atoms with Crippen molar-refractivity contribution in [2.45, 2.75) is 57.7 Å². The van der Waals surface area contributed by atoms with Gasteiger partial charge in [-0.15, -0.1) is 0 Å². The Labute approximate surface area is 172 Å². The van der Waals surface area contributed by atoms with Crippen LogP contribution in [0.15, 0.2) is 60.7 Å². The van der Waals surface area contributed by atoms with E-state index < -0.39 is 0 Å². The summed E-state index contributed by atoms with van der Waals surface area (Å²) in [7, 11) is 0. The Morgan fingerprint density at radius 3 is 2.43 bits per heavy atom. The molecule has 2 nitrogen and oxygen atoms in total. The number of hydrogen-bond acceptors (Lipinski definition) is 2. The van der Waals surface area contributed by atoms with Gasteiger partial charge < -0.3 is 10.1 Å². The summed E-state index contributed by atoms with van der Waals surface area (Å²) in [6, 6.07) is 21.3. The molecule has 3 heteroatoms. The average molecular weight is 394 g/mol. The van der Waals surface area contributed by atoms with Gasteiger partial charge >= 0.3 is 0 Å². The lowest BCUT2D eigenvalue weighted by atomic mass is 10.0. The monoisotopic (exact) mass is 393 g/mol. The van der Waals surface area contributed by atoms with Gasteiger partial charge in [0.25, 0.3) is 0 Å². The molecule has 1 aliphatic carbocycles. The van der Waals surface area contributed by atoms with Gasteiger partial charge in [0.05, 0.1) is 0 Å². The van der Waals surface area contributed by atoms with E-state index in [1.165, 1.54) is 54.9 Å². The van der Waals surface area contributed by atoms with E-state index in [0.717, 1.165) is 22.9 Å². The molecule has 146 valence electrons. The fraction of sp³-hybridized carbons (Fsp3) is 0.360. The largest absolute Gasteiger partial charge is 0.488 e. The molecular weight excluding hydrogens is 366 g/mol. The topological polar surface area (TPSA) is 21.3 Å². The quantitative estimate of drug-likeness (QED) is 0.460. The summed E-state index contributed by atoms with van der Waals surface area (Å²) in [5.74, 6) is 0.944. The zero-order chi connectivity index (χ0) is 19.2. The van der Waals surface area contributed by atoms with Gasteiger partial charge in [-0.1, -0.05) is 85.8 Å². The summed E-state index contributed by atoms with van der Waals surface area (Å²) in [6.07, 6.45) is 7.98. The van der Waals surface area contributed by atoms with Crippen LogP contribution < -0.4 is 10.1 Å². The van der Waals surface area contributed by atoms with Crippen molar-refractivity contribution >= 4 is 22.4 Å². The van der Waals surface area contributed by atoms with Crippen molar-refractivity contribution in [3.63, 3.8) is 0 Å². The van der Waals surface area contributed by atoms with Crippen LogP contribution in [0.4, 0.5) is 0 Å². The van der Waals surface area contributed by atoms with E-state index >= 15 is 0 Å². The van der Waals surface area contributed by atoms with Crippen molar-refractivity contribution in [3.8, 4) is 5.75 Å². The lowest BCUT2D eigenvalue weighted by Gasteiger charge is -2.20. The highest BCUT2D eigenvalue weighted by molar-refractivity contribution is 6.31. The second-order valence-electron chi connectivity index (χ2n) is 7.71. The minimum atomic E-state index is 0.481. The minimum absolute atomic E-state index is 0.481. The first kappa shape index (κ1) is 19.3. The van der Waals surface area contributed by atoms with Crippen LogP contribution in [-0.2, 0) is 13.2 Å². The molecule has 1 saturated carbocycles. The summed E-state index contributed by atoms with van der Waals surface area (Å²) in [5.41, 5.74) is 2.26. The molecular formula is C25H28ClNO. The van der Waals surface area contributed by atoms with Crippen LogP contribution >= 0.6 is 11.6 Å². The van der Waals surface area contributed by atoms with Crippen molar-refractivity contribution in [1.29, 1.82) is 0 Å². The first-order valence-electron chi connectivity index (χ1n) is 10.4. The van der Waals surface area contributed by atoms with Gasteiger partial charge in [-0.2, -0.15) is 0 Å². The third-order valence-electron chi connectivity index (χ3n) is 5.76. The molecule has 28 heavy (non-hydrogen) atoms. The normalized spacial score (nSPS) is 15.5. The Morgan fingerprint density at radius 1 is 0.857 bits per heavy atom. The number of ether oxygens (including phenoxy) is 1. The van der Waals surface area contributed by atoms with Crippen LogP contribution in [0.5, 0.6) is 5.75 Å². The Balaban J connectivity index is 1.56. The molecule has 0 bridgehead atoms. The zero-order valence-electron chi connectivity index (χ0n) is 16.3. The van der Waals surface area contributed by atoms with Gasteiger partial charge in [-0.3, -0.25) is 0 Å². The molecule has 0 unspecified atom stereocenters. The zero-order valence-corrected chi connectivity index (χ0v) is 17.0. The van der Waals surface area contributed by atoms with E-state index in [2.05, 4.69) is 41.7 Å². The fourth-order valence-corrected chi connectivity index (χ4v) is 4.32. The van der Waals surface area contributed by atoms with E-state index in [1.807, 2.05) is 24.3 Å². The number of fused-ring (bicyclic) bond motifs is 1. The highest BCUT2D eigenvalue weighted by Crippen LogP contribution is 2.30. The molecule has 0 aliphatic heterocycles. The number of hydrogen-bond donors (Lipinski definition) is 1. The highest BCUT2D eigenvalue weighted by atomic mass is 35.5. The fourth-order valence-electron chi connectivity index (χ4n) is 4.13. The van der Waals surface area contributed by atoms with Crippen molar-refractivity contribution in [1.82, 2.24) is 5.32 Å².